The molecule has 1 aliphatic heterocycles. The molecule has 166 valence electrons. The van der Waals surface area contributed by atoms with E-state index in [0.717, 1.165) is 43.1 Å². The molecule has 2 aromatic rings. The molecule has 0 saturated heterocycles. The Balaban J connectivity index is 1.35. The molecule has 31 heavy (non-hydrogen) atoms. The van der Waals surface area contributed by atoms with Crippen LogP contribution in [-0.2, 0) is 19.5 Å². The van der Waals surface area contributed by atoms with E-state index in [-0.39, 0.29) is 19.1 Å². The number of alkyl halides is 2. The average Bonchev–Trinajstić information content (AvgIpc) is 3.34. The topological polar surface area (TPSA) is 24.5 Å². The SMILES string of the molecule is C=C(C)NC(C)c1ccc(CN2CCc3c(ccc(OCC4CC4(F)F)c3C)C2)cc1. The molecule has 1 saturated carbocycles. The van der Waals surface area contributed by atoms with E-state index in [1.54, 1.807) is 0 Å². The smallest absolute Gasteiger partial charge is 0.255 e. The first-order chi connectivity index (χ1) is 14.7. The molecule has 2 atom stereocenters. The van der Waals surface area contributed by atoms with E-state index >= 15 is 0 Å². The van der Waals surface area contributed by atoms with Crippen LogP contribution in [-0.4, -0.2) is 24.0 Å². The molecule has 0 amide bonds. The van der Waals surface area contributed by atoms with Crippen LogP contribution >= 0.6 is 0 Å². The molecule has 0 aromatic heterocycles. The van der Waals surface area contributed by atoms with Crippen LogP contribution in [0.1, 0.15) is 54.1 Å². The number of nitrogens with one attached hydrogen (secondary N) is 1. The number of allylic oxidation sites excluding steroid dienone is 1. The second-order valence-electron chi connectivity index (χ2n) is 9.15. The molecule has 3 nitrogen and oxygen atoms in total. The van der Waals surface area contributed by atoms with Gasteiger partial charge in [0.15, 0.2) is 0 Å². The number of hydrogen-bond donors (Lipinski definition) is 1. The quantitative estimate of drug-likeness (QED) is 0.580. The van der Waals surface area contributed by atoms with Crippen molar-refractivity contribution in [2.24, 2.45) is 5.92 Å². The predicted octanol–water partition coefficient (Wildman–Crippen LogP) is 5.77. The third-order valence-corrected chi connectivity index (χ3v) is 6.46. The predicted molar refractivity (Wildman–Crippen MR) is 120 cm³/mol. The maximum Gasteiger partial charge on any atom is 0.255 e. The van der Waals surface area contributed by atoms with Gasteiger partial charge in [-0.3, -0.25) is 4.90 Å². The second kappa shape index (κ2) is 8.62. The van der Waals surface area contributed by atoms with Crippen molar-refractivity contribution < 1.29 is 13.5 Å². The molecule has 0 spiro atoms. The van der Waals surface area contributed by atoms with Crippen LogP contribution in [0.2, 0.25) is 0 Å². The molecule has 2 unspecified atom stereocenters. The van der Waals surface area contributed by atoms with Gasteiger partial charge in [-0.2, -0.15) is 0 Å². The Morgan fingerprint density at radius 2 is 1.97 bits per heavy atom. The summed E-state index contributed by atoms with van der Waals surface area (Å²) in [5, 5.41) is 3.35. The van der Waals surface area contributed by atoms with Crippen molar-refractivity contribution in [2.45, 2.75) is 58.7 Å². The second-order valence-corrected chi connectivity index (χ2v) is 9.15. The number of fused-ring (bicyclic) bond motifs is 1. The molecule has 1 aliphatic carbocycles. The van der Waals surface area contributed by atoms with E-state index in [2.05, 4.69) is 54.1 Å². The van der Waals surface area contributed by atoms with Gasteiger partial charge >= 0.3 is 0 Å². The highest BCUT2D eigenvalue weighted by Gasteiger charge is 2.57. The first-order valence-electron chi connectivity index (χ1n) is 11.1. The van der Waals surface area contributed by atoms with Crippen LogP contribution in [0.5, 0.6) is 5.75 Å². The van der Waals surface area contributed by atoms with Gasteiger partial charge in [0.1, 0.15) is 5.75 Å². The Morgan fingerprint density at radius 1 is 1.26 bits per heavy atom. The third-order valence-electron chi connectivity index (χ3n) is 6.46. The average molecular weight is 427 g/mol. The van der Waals surface area contributed by atoms with E-state index < -0.39 is 11.8 Å². The lowest BCUT2D eigenvalue weighted by molar-refractivity contribution is 0.0854. The highest BCUT2D eigenvalue weighted by atomic mass is 19.3. The van der Waals surface area contributed by atoms with Crippen LogP contribution in [0.25, 0.3) is 0 Å². The summed E-state index contributed by atoms with van der Waals surface area (Å²) < 4.78 is 32.0. The van der Waals surface area contributed by atoms with Crippen LogP contribution in [0.3, 0.4) is 0 Å². The van der Waals surface area contributed by atoms with Gasteiger partial charge in [-0.25, -0.2) is 8.78 Å². The van der Waals surface area contributed by atoms with Gasteiger partial charge < -0.3 is 10.1 Å². The first kappa shape index (κ1) is 21.8. The summed E-state index contributed by atoms with van der Waals surface area (Å²) in [6.07, 6.45) is 0.909. The fraction of sp³-hybridized carbons (Fsp3) is 0.462. The van der Waals surface area contributed by atoms with Gasteiger partial charge in [-0.05, 0) is 61.1 Å². The minimum Gasteiger partial charge on any atom is -0.493 e. The normalized spacial score (nSPS) is 20.6. The lowest BCUT2D eigenvalue weighted by Crippen LogP contribution is -2.30. The lowest BCUT2D eigenvalue weighted by Gasteiger charge is -2.30. The zero-order valence-corrected chi connectivity index (χ0v) is 18.7. The first-order valence-corrected chi connectivity index (χ1v) is 11.1. The van der Waals surface area contributed by atoms with Gasteiger partial charge in [-0.1, -0.05) is 36.9 Å². The zero-order valence-electron chi connectivity index (χ0n) is 18.7. The standard InChI is InChI=1S/C26H32F2N2O/c1-17(2)29-19(4)21-7-5-20(6-8-21)14-30-12-11-24-18(3)25(10-9-22(24)15-30)31-16-23-13-26(23,27)28/h5-10,19,23,29H,1,11-16H2,2-4H3. The zero-order chi connectivity index (χ0) is 22.2. The molecule has 0 radical (unpaired) electrons. The van der Waals surface area contributed by atoms with E-state index in [1.165, 1.54) is 22.3 Å². The monoisotopic (exact) mass is 426 g/mol. The highest BCUT2D eigenvalue weighted by Crippen LogP contribution is 2.48. The molecule has 2 aromatic carbocycles. The molecule has 4 rings (SSSR count). The maximum absolute atomic E-state index is 13.1. The van der Waals surface area contributed by atoms with E-state index in [0.29, 0.717) is 0 Å². The molecule has 1 fully saturated rings. The number of halogens is 2. The fourth-order valence-electron chi connectivity index (χ4n) is 4.43. The van der Waals surface area contributed by atoms with E-state index in [1.807, 2.05) is 19.9 Å². The molecule has 5 heteroatoms. The number of rotatable bonds is 8. The summed E-state index contributed by atoms with van der Waals surface area (Å²) >= 11 is 0. The summed E-state index contributed by atoms with van der Waals surface area (Å²) in [5.41, 5.74) is 7.25. The summed E-state index contributed by atoms with van der Waals surface area (Å²) in [6.45, 7) is 13.0. The minimum atomic E-state index is -2.53. The fourth-order valence-corrected chi connectivity index (χ4v) is 4.43. The molecule has 2 aliphatic rings. The van der Waals surface area contributed by atoms with Crippen LogP contribution in [0.15, 0.2) is 48.7 Å². The minimum absolute atomic E-state index is 0.0454. The Kier molecular flexibility index (Phi) is 6.07. The van der Waals surface area contributed by atoms with Gasteiger partial charge in [0.05, 0.1) is 12.5 Å². The van der Waals surface area contributed by atoms with Gasteiger partial charge in [0.2, 0.25) is 0 Å². The molecule has 1 heterocycles. The largest absolute Gasteiger partial charge is 0.493 e. The summed E-state index contributed by atoms with van der Waals surface area (Å²) in [7, 11) is 0. The number of nitrogens with zero attached hydrogens (tertiary/aromatic N) is 1. The van der Waals surface area contributed by atoms with E-state index in [9.17, 15) is 8.78 Å². The van der Waals surface area contributed by atoms with Gasteiger partial charge in [0.25, 0.3) is 5.92 Å². The summed E-state index contributed by atoms with van der Waals surface area (Å²) in [4.78, 5) is 2.46. The number of ether oxygens (including phenoxy) is 1. The van der Waals surface area contributed by atoms with Crippen molar-refractivity contribution in [3.8, 4) is 5.75 Å². The van der Waals surface area contributed by atoms with Crippen molar-refractivity contribution in [2.75, 3.05) is 13.2 Å². The van der Waals surface area contributed by atoms with Gasteiger partial charge in [0, 0.05) is 37.8 Å². The van der Waals surface area contributed by atoms with Crippen LogP contribution in [0, 0.1) is 12.8 Å². The summed E-state index contributed by atoms with van der Waals surface area (Å²) in [6, 6.07) is 13.1. The maximum atomic E-state index is 13.1. The Hall–Kier alpha value is -2.40. The van der Waals surface area contributed by atoms with Crippen molar-refractivity contribution in [1.29, 1.82) is 0 Å². The van der Waals surface area contributed by atoms with Crippen molar-refractivity contribution in [3.05, 3.63) is 76.5 Å². The molecular formula is C26H32F2N2O. The number of benzene rings is 2. The Morgan fingerprint density at radius 3 is 2.61 bits per heavy atom. The third kappa shape index (κ3) is 5.09. The van der Waals surface area contributed by atoms with Crippen molar-refractivity contribution in [1.82, 2.24) is 10.2 Å². The molecule has 0 bridgehead atoms. The van der Waals surface area contributed by atoms with Crippen molar-refractivity contribution >= 4 is 0 Å². The van der Waals surface area contributed by atoms with Crippen LogP contribution < -0.4 is 10.1 Å². The Bertz CT molecular complexity index is 955. The highest BCUT2D eigenvalue weighted by molar-refractivity contribution is 5.45. The molecule has 1 N–H and O–H groups in total. The summed E-state index contributed by atoms with van der Waals surface area (Å²) in [5.74, 6) is -2.40. The Labute approximate surface area is 184 Å². The van der Waals surface area contributed by atoms with Crippen molar-refractivity contribution in [3.63, 3.8) is 0 Å². The number of hydrogen-bond acceptors (Lipinski definition) is 3. The van der Waals surface area contributed by atoms with Crippen LogP contribution in [0.4, 0.5) is 8.78 Å². The lowest BCUT2D eigenvalue weighted by atomic mass is 9.94. The van der Waals surface area contributed by atoms with Gasteiger partial charge in [-0.15, -0.1) is 0 Å². The van der Waals surface area contributed by atoms with E-state index in [4.69, 9.17) is 4.74 Å². The molecular weight excluding hydrogens is 394 g/mol.